The van der Waals surface area contributed by atoms with Crippen LogP contribution in [0.4, 0.5) is 0 Å². The highest BCUT2D eigenvalue weighted by Crippen LogP contribution is 2.27. The summed E-state index contributed by atoms with van der Waals surface area (Å²) in [7, 11) is 4.52. The molecule has 1 heterocycles. The van der Waals surface area contributed by atoms with E-state index in [4.69, 9.17) is 4.74 Å². The van der Waals surface area contributed by atoms with Crippen molar-refractivity contribution in [1.29, 1.82) is 0 Å². The monoisotopic (exact) mass is 275 g/mol. The summed E-state index contributed by atoms with van der Waals surface area (Å²) in [5, 5.41) is 0.958. The number of ether oxygens (including phenoxy) is 2. The van der Waals surface area contributed by atoms with Crippen LogP contribution in [0.1, 0.15) is 22.5 Å². The maximum Gasteiger partial charge on any atom is 0.354 e. The van der Waals surface area contributed by atoms with Crippen LogP contribution in [0.3, 0.4) is 0 Å². The lowest BCUT2D eigenvalue weighted by Gasteiger charge is -2.05. The topological polar surface area (TPSA) is 57.5 Å². The molecule has 0 N–H and O–H groups in total. The second-order valence-corrected chi connectivity index (χ2v) is 4.47. The summed E-state index contributed by atoms with van der Waals surface area (Å²) in [6.45, 7) is 0. The third-order valence-corrected chi connectivity index (χ3v) is 3.40. The number of nitrogens with zero attached hydrogens (tertiary/aromatic N) is 1. The van der Waals surface area contributed by atoms with Crippen molar-refractivity contribution >= 4 is 22.8 Å². The molecule has 0 aliphatic carbocycles. The number of esters is 2. The van der Waals surface area contributed by atoms with Crippen molar-refractivity contribution in [3.05, 3.63) is 35.5 Å². The molecule has 0 saturated heterocycles. The van der Waals surface area contributed by atoms with Crippen LogP contribution < -0.4 is 0 Å². The zero-order chi connectivity index (χ0) is 14.7. The molecule has 0 atom stereocenters. The van der Waals surface area contributed by atoms with Gasteiger partial charge in [-0.15, -0.1) is 0 Å². The van der Waals surface area contributed by atoms with Crippen LogP contribution in [0, 0.1) is 0 Å². The molecule has 1 aromatic carbocycles. The first-order valence-corrected chi connectivity index (χ1v) is 6.31. The zero-order valence-electron chi connectivity index (χ0n) is 11.8. The first-order chi connectivity index (χ1) is 9.60. The number of aryl methyl sites for hydroxylation is 2. The van der Waals surface area contributed by atoms with E-state index in [1.165, 1.54) is 14.2 Å². The molecule has 20 heavy (non-hydrogen) atoms. The second-order valence-electron chi connectivity index (χ2n) is 4.47. The lowest BCUT2D eigenvalue weighted by Crippen LogP contribution is -2.11. The van der Waals surface area contributed by atoms with Gasteiger partial charge in [-0.3, -0.25) is 4.79 Å². The molecule has 0 aliphatic rings. The molecule has 0 spiro atoms. The minimum atomic E-state index is -0.399. The highest BCUT2D eigenvalue weighted by molar-refractivity contribution is 5.99. The summed E-state index contributed by atoms with van der Waals surface area (Å²) in [5.74, 6) is -0.697. The Labute approximate surface area is 117 Å². The Morgan fingerprint density at radius 2 is 1.85 bits per heavy atom. The van der Waals surface area contributed by atoms with Crippen LogP contribution in [-0.2, 0) is 27.7 Å². The molecule has 2 rings (SSSR count). The van der Waals surface area contributed by atoms with Crippen LogP contribution in [0.15, 0.2) is 24.3 Å². The highest BCUT2D eigenvalue weighted by atomic mass is 16.5. The number of hydrogen-bond donors (Lipinski definition) is 0. The summed E-state index contributed by atoms with van der Waals surface area (Å²) >= 11 is 0. The van der Waals surface area contributed by atoms with Crippen molar-refractivity contribution in [2.45, 2.75) is 12.8 Å². The number of methoxy groups -OCH3 is 2. The first-order valence-electron chi connectivity index (χ1n) is 6.31. The fourth-order valence-electron chi connectivity index (χ4n) is 2.41. The Morgan fingerprint density at radius 1 is 1.15 bits per heavy atom. The normalized spacial score (nSPS) is 10.6. The highest BCUT2D eigenvalue weighted by Gasteiger charge is 2.21. The Kier molecular flexibility index (Phi) is 4.08. The Balaban J connectivity index is 2.54. The SMILES string of the molecule is COC(=O)CCc1c(C(=O)OC)n(C)c2ccccc12. The van der Waals surface area contributed by atoms with Gasteiger partial charge in [-0.25, -0.2) is 4.79 Å². The fraction of sp³-hybridized carbons (Fsp3) is 0.333. The van der Waals surface area contributed by atoms with E-state index in [-0.39, 0.29) is 12.4 Å². The number of carbonyl (C=O) groups is 2. The summed E-state index contributed by atoms with van der Waals surface area (Å²) < 4.78 is 11.3. The van der Waals surface area contributed by atoms with Gasteiger partial charge in [0, 0.05) is 24.4 Å². The van der Waals surface area contributed by atoms with Crippen LogP contribution in [0.25, 0.3) is 10.9 Å². The summed E-state index contributed by atoms with van der Waals surface area (Å²) in [5.41, 5.74) is 2.24. The van der Waals surface area contributed by atoms with Crippen molar-refractivity contribution < 1.29 is 19.1 Å². The van der Waals surface area contributed by atoms with Crippen molar-refractivity contribution in [3.8, 4) is 0 Å². The molecule has 0 radical (unpaired) electrons. The van der Waals surface area contributed by atoms with Crippen LogP contribution >= 0.6 is 0 Å². The number of fused-ring (bicyclic) bond motifs is 1. The van der Waals surface area contributed by atoms with Gasteiger partial charge in [0.15, 0.2) is 0 Å². The average molecular weight is 275 g/mol. The number of para-hydroxylation sites is 1. The summed E-state index contributed by atoms with van der Waals surface area (Å²) in [4.78, 5) is 23.3. The number of aromatic nitrogens is 1. The van der Waals surface area contributed by atoms with Gasteiger partial charge in [0.1, 0.15) is 5.69 Å². The minimum absolute atomic E-state index is 0.231. The van der Waals surface area contributed by atoms with Gasteiger partial charge in [0.2, 0.25) is 0 Å². The molecule has 0 bridgehead atoms. The van der Waals surface area contributed by atoms with Crippen LogP contribution in [0.2, 0.25) is 0 Å². The van der Waals surface area contributed by atoms with Gasteiger partial charge >= 0.3 is 11.9 Å². The third-order valence-electron chi connectivity index (χ3n) is 3.40. The molecule has 2 aromatic rings. The van der Waals surface area contributed by atoms with Gasteiger partial charge in [-0.2, -0.15) is 0 Å². The molecular weight excluding hydrogens is 258 g/mol. The van der Waals surface area contributed by atoms with Crippen LogP contribution in [-0.4, -0.2) is 30.7 Å². The average Bonchev–Trinajstić information content (AvgIpc) is 2.77. The summed E-state index contributed by atoms with van der Waals surface area (Å²) in [6, 6.07) is 7.69. The third kappa shape index (κ3) is 2.39. The molecule has 0 fully saturated rings. The van der Waals surface area contributed by atoms with Crippen LogP contribution in [0.5, 0.6) is 0 Å². The number of hydrogen-bond acceptors (Lipinski definition) is 4. The van der Waals surface area contributed by atoms with Crippen molar-refractivity contribution in [3.63, 3.8) is 0 Å². The van der Waals surface area contributed by atoms with Gasteiger partial charge in [-0.05, 0) is 18.1 Å². The molecule has 5 heteroatoms. The molecule has 1 aromatic heterocycles. The molecule has 0 aliphatic heterocycles. The van der Waals surface area contributed by atoms with Gasteiger partial charge in [0.25, 0.3) is 0 Å². The van der Waals surface area contributed by atoms with E-state index in [9.17, 15) is 9.59 Å². The standard InChI is InChI=1S/C15H17NO4/c1-16-12-7-5-4-6-10(12)11(8-9-13(17)19-2)14(16)15(18)20-3/h4-7H,8-9H2,1-3H3. The number of rotatable bonds is 4. The van der Waals surface area contributed by atoms with Gasteiger partial charge in [-0.1, -0.05) is 18.2 Å². The van der Waals surface area contributed by atoms with E-state index in [0.717, 1.165) is 16.5 Å². The maximum absolute atomic E-state index is 12.0. The van der Waals surface area contributed by atoms with E-state index in [1.807, 2.05) is 31.3 Å². The maximum atomic E-state index is 12.0. The van der Waals surface area contributed by atoms with Gasteiger partial charge < -0.3 is 14.0 Å². The lowest BCUT2D eigenvalue weighted by atomic mass is 10.1. The predicted octanol–water partition coefficient (Wildman–Crippen LogP) is 2.07. The number of carbonyl (C=O) groups excluding carboxylic acids is 2. The van der Waals surface area contributed by atoms with E-state index < -0.39 is 5.97 Å². The van der Waals surface area contributed by atoms with E-state index >= 15 is 0 Å². The quantitative estimate of drug-likeness (QED) is 0.801. The Bertz CT molecular complexity index is 657. The van der Waals surface area contributed by atoms with E-state index in [1.54, 1.807) is 4.57 Å². The van der Waals surface area contributed by atoms with E-state index in [0.29, 0.717) is 12.1 Å². The summed E-state index contributed by atoms with van der Waals surface area (Å²) in [6.07, 6.45) is 0.674. The van der Waals surface area contributed by atoms with Crippen molar-refractivity contribution in [2.24, 2.45) is 7.05 Å². The predicted molar refractivity (Wildman–Crippen MR) is 74.6 cm³/mol. The largest absolute Gasteiger partial charge is 0.469 e. The van der Waals surface area contributed by atoms with Crippen molar-refractivity contribution in [1.82, 2.24) is 4.57 Å². The fourth-order valence-corrected chi connectivity index (χ4v) is 2.41. The molecular formula is C15H17NO4. The van der Waals surface area contributed by atoms with Gasteiger partial charge in [0.05, 0.1) is 14.2 Å². The van der Waals surface area contributed by atoms with Crippen molar-refractivity contribution in [2.75, 3.05) is 14.2 Å². The molecule has 0 saturated carbocycles. The molecule has 106 valence electrons. The molecule has 0 unspecified atom stereocenters. The zero-order valence-corrected chi connectivity index (χ0v) is 11.8. The smallest absolute Gasteiger partial charge is 0.354 e. The first kappa shape index (κ1) is 14.1. The second kappa shape index (κ2) is 5.77. The molecule has 5 nitrogen and oxygen atoms in total. The Morgan fingerprint density at radius 3 is 2.50 bits per heavy atom. The minimum Gasteiger partial charge on any atom is -0.469 e. The Hall–Kier alpha value is -2.30. The molecule has 0 amide bonds. The number of benzene rings is 1. The van der Waals surface area contributed by atoms with E-state index in [2.05, 4.69) is 4.74 Å². The lowest BCUT2D eigenvalue weighted by molar-refractivity contribution is -0.140.